The number of rotatable bonds is 3. The molecule has 0 unspecified atom stereocenters. The predicted molar refractivity (Wildman–Crippen MR) is 57.5 cm³/mol. The van der Waals surface area contributed by atoms with Gasteiger partial charge in [0.25, 0.3) is 5.56 Å². The number of carboxylic acids is 1. The molecule has 0 saturated carbocycles. The van der Waals surface area contributed by atoms with Gasteiger partial charge >= 0.3 is 11.7 Å². The number of aromatic nitrogens is 2. The molecule has 0 aliphatic heterocycles. The molecule has 0 atom stereocenters. The summed E-state index contributed by atoms with van der Waals surface area (Å²) in [6.07, 6.45) is 2.80. The van der Waals surface area contributed by atoms with E-state index in [4.69, 9.17) is 5.11 Å². The van der Waals surface area contributed by atoms with Gasteiger partial charge in [0.05, 0.1) is 0 Å². The van der Waals surface area contributed by atoms with Crippen molar-refractivity contribution in [3.05, 3.63) is 44.2 Å². The molecule has 0 bridgehead atoms. The molecule has 6 nitrogen and oxygen atoms in total. The van der Waals surface area contributed by atoms with E-state index in [9.17, 15) is 14.4 Å². The molecule has 0 saturated heterocycles. The molecule has 2 N–H and O–H groups in total. The maximum absolute atomic E-state index is 11.3. The second kappa shape index (κ2) is 4.61. The number of carbonyl (C=O) groups is 1. The van der Waals surface area contributed by atoms with Gasteiger partial charge in [-0.05, 0) is 13.8 Å². The van der Waals surface area contributed by atoms with Crippen molar-refractivity contribution in [3.8, 4) is 0 Å². The van der Waals surface area contributed by atoms with E-state index in [1.807, 2.05) is 0 Å². The van der Waals surface area contributed by atoms with E-state index < -0.39 is 17.2 Å². The summed E-state index contributed by atoms with van der Waals surface area (Å²) in [5, 5.41) is 8.61. The van der Waals surface area contributed by atoms with Crippen LogP contribution in [-0.4, -0.2) is 20.6 Å². The predicted octanol–water partition coefficient (Wildman–Crippen LogP) is -0.124. The van der Waals surface area contributed by atoms with Crippen LogP contribution in [0.4, 0.5) is 0 Å². The third-order valence-electron chi connectivity index (χ3n) is 2.12. The van der Waals surface area contributed by atoms with Crippen LogP contribution < -0.4 is 11.2 Å². The van der Waals surface area contributed by atoms with Crippen molar-refractivity contribution in [1.29, 1.82) is 0 Å². The molecule has 0 fully saturated rings. The van der Waals surface area contributed by atoms with Crippen LogP contribution in [0.15, 0.2) is 27.4 Å². The minimum Gasteiger partial charge on any atom is -0.478 e. The maximum atomic E-state index is 11.3. The fraction of sp³-hybridized carbons (Fsp3) is 0.300. The zero-order chi connectivity index (χ0) is 12.3. The van der Waals surface area contributed by atoms with E-state index >= 15 is 0 Å². The summed E-state index contributed by atoms with van der Waals surface area (Å²) < 4.78 is 1.24. The summed E-state index contributed by atoms with van der Waals surface area (Å²) in [6.45, 7) is 3.13. The Balaban J connectivity index is 3.04. The third-order valence-corrected chi connectivity index (χ3v) is 2.12. The van der Waals surface area contributed by atoms with Gasteiger partial charge in [-0.15, -0.1) is 0 Å². The lowest BCUT2D eigenvalue weighted by atomic mass is 10.3. The number of aliphatic carboxylic acids is 1. The summed E-state index contributed by atoms with van der Waals surface area (Å²) in [5.41, 5.74) is -0.429. The standard InChI is InChI=1S/C10H12N2O4/c1-6(9(14)15)3-4-12-5-7(2)8(13)11-10(12)16/h3,5H,4H2,1-2H3,(H,14,15)(H,11,13,16). The Hall–Kier alpha value is -2.11. The van der Waals surface area contributed by atoms with Gasteiger partial charge in [0.15, 0.2) is 0 Å². The zero-order valence-corrected chi connectivity index (χ0v) is 8.98. The van der Waals surface area contributed by atoms with Crippen LogP contribution in [0.2, 0.25) is 0 Å². The van der Waals surface area contributed by atoms with E-state index in [1.165, 1.54) is 23.8 Å². The first-order valence-electron chi connectivity index (χ1n) is 4.62. The molecule has 1 aromatic rings. The van der Waals surface area contributed by atoms with Crippen LogP contribution in [-0.2, 0) is 11.3 Å². The highest BCUT2D eigenvalue weighted by Gasteiger charge is 2.01. The van der Waals surface area contributed by atoms with Crippen LogP contribution >= 0.6 is 0 Å². The number of nitrogens with one attached hydrogen (secondary N) is 1. The zero-order valence-electron chi connectivity index (χ0n) is 8.98. The Labute approximate surface area is 90.9 Å². The highest BCUT2D eigenvalue weighted by Crippen LogP contribution is 1.93. The summed E-state index contributed by atoms with van der Waals surface area (Å²) >= 11 is 0. The molecule has 0 aliphatic rings. The van der Waals surface area contributed by atoms with Gasteiger partial charge in [0, 0.05) is 23.9 Å². The third kappa shape index (κ3) is 2.69. The van der Waals surface area contributed by atoms with Crippen molar-refractivity contribution in [2.75, 3.05) is 0 Å². The number of H-pyrrole nitrogens is 1. The van der Waals surface area contributed by atoms with Gasteiger partial charge in [0.1, 0.15) is 0 Å². The first kappa shape index (κ1) is 12.0. The number of hydrogen-bond donors (Lipinski definition) is 2. The van der Waals surface area contributed by atoms with Crippen LogP contribution in [0.25, 0.3) is 0 Å². The lowest BCUT2D eigenvalue weighted by Crippen LogP contribution is -2.30. The molecular formula is C10H12N2O4. The van der Waals surface area contributed by atoms with Gasteiger partial charge in [-0.2, -0.15) is 0 Å². The van der Waals surface area contributed by atoms with Gasteiger partial charge in [0.2, 0.25) is 0 Å². The maximum Gasteiger partial charge on any atom is 0.331 e. The molecule has 0 aliphatic carbocycles. The van der Waals surface area contributed by atoms with Crippen LogP contribution in [0, 0.1) is 6.92 Å². The van der Waals surface area contributed by atoms with Crippen LogP contribution in [0.5, 0.6) is 0 Å². The summed E-state index contributed by atoms with van der Waals surface area (Å²) in [4.78, 5) is 35.0. The Morgan fingerprint density at radius 1 is 1.56 bits per heavy atom. The average molecular weight is 224 g/mol. The molecule has 1 aromatic heterocycles. The first-order chi connectivity index (χ1) is 7.41. The second-order valence-corrected chi connectivity index (χ2v) is 3.42. The number of hydrogen-bond acceptors (Lipinski definition) is 3. The Kier molecular flexibility index (Phi) is 3.44. The normalized spacial score (nSPS) is 11.5. The molecule has 1 heterocycles. The number of carboxylic acid groups (broad SMARTS) is 1. The molecule has 6 heteroatoms. The molecule has 0 spiro atoms. The summed E-state index contributed by atoms with van der Waals surface area (Å²) in [5.74, 6) is -1.03. The lowest BCUT2D eigenvalue weighted by molar-refractivity contribution is -0.132. The van der Waals surface area contributed by atoms with Gasteiger partial charge in [-0.3, -0.25) is 14.3 Å². The Bertz CT molecular complexity index is 551. The summed E-state index contributed by atoms with van der Waals surface area (Å²) in [7, 11) is 0. The fourth-order valence-electron chi connectivity index (χ4n) is 1.08. The fourth-order valence-corrected chi connectivity index (χ4v) is 1.08. The number of allylic oxidation sites excluding steroid dienone is 1. The molecular weight excluding hydrogens is 212 g/mol. The molecule has 0 radical (unpaired) electrons. The number of aromatic amines is 1. The largest absolute Gasteiger partial charge is 0.478 e. The van der Waals surface area contributed by atoms with Gasteiger partial charge in [-0.1, -0.05) is 6.08 Å². The van der Waals surface area contributed by atoms with E-state index in [-0.39, 0.29) is 12.1 Å². The highest BCUT2D eigenvalue weighted by molar-refractivity contribution is 5.85. The topological polar surface area (TPSA) is 92.2 Å². The van der Waals surface area contributed by atoms with Crippen LogP contribution in [0.3, 0.4) is 0 Å². The number of aryl methyl sites for hydroxylation is 1. The van der Waals surface area contributed by atoms with E-state index in [1.54, 1.807) is 6.92 Å². The van der Waals surface area contributed by atoms with Crippen molar-refractivity contribution >= 4 is 5.97 Å². The Morgan fingerprint density at radius 2 is 2.19 bits per heavy atom. The molecule has 0 amide bonds. The monoisotopic (exact) mass is 224 g/mol. The minimum absolute atomic E-state index is 0.120. The van der Waals surface area contributed by atoms with Gasteiger partial charge in [-0.25, -0.2) is 9.59 Å². The van der Waals surface area contributed by atoms with Crippen molar-refractivity contribution in [1.82, 2.24) is 9.55 Å². The van der Waals surface area contributed by atoms with E-state index in [0.29, 0.717) is 5.56 Å². The first-order valence-corrected chi connectivity index (χ1v) is 4.62. The average Bonchev–Trinajstić information content (AvgIpc) is 2.20. The highest BCUT2D eigenvalue weighted by atomic mass is 16.4. The molecule has 16 heavy (non-hydrogen) atoms. The van der Waals surface area contributed by atoms with Crippen molar-refractivity contribution < 1.29 is 9.90 Å². The lowest BCUT2D eigenvalue weighted by Gasteiger charge is -2.02. The van der Waals surface area contributed by atoms with Crippen molar-refractivity contribution in [3.63, 3.8) is 0 Å². The van der Waals surface area contributed by atoms with E-state index in [2.05, 4.69) is 4.98 Å². The van der Waals surface area contributed by atoms with Crippen LogP contribution in [0.1, 0.15) is 12.5 Å². The quantitative estimate of drug-likeness (QED) is 0.700. The Morgan fingerprint density at radius 3 is 2.75 bits per heavy atom. The molecule has 1 rings (SSSR count). The van der Waals surface area contributed by atoms with E-state index in [0.717, 1.165) is 0 Å². The molecule has 0 aromatic carbocycles. The minimum atomic E-state index is -1.03. The molecule has 86 valence electrons. The second-order valence-electron chi connectivity index (χ2n) is 3.42. The SMILES string of the molecule is CC(=CCn1cc(C)c(=O)[nH]c1=O)C(=O)O. The van der Waals surface area contributed by atoms with Crippen molar-refractivity contribution in [2.24, 2.45) is 0 Å². The van der Waals surface area contributed by atoms with Crippen molar-refractivity contribution in [2.45, 2.75) is 20.4 Å². The summed E-state index contributed by atoms with van der Waals surface area (Å²) in [6, 6.07) is 0. The van der Waals surface area contributed by atoms with Gasteiger partial charge < -0.3 is 5.11 Å². The smallest absolute Gasteiger partial charge is 0.331 e. The number of nitrogens with zero attached hydrogens (tertiary/aromatic N) is 1.